The second kappa shape index (κ2) is 9.76. The summed E-state index contributed by atoms with van der Waals surface area (Å²) in [6.07, 6.45) is -4.24. The summed E-state index contributed by atoms with van der Waals surface area (Å²) in [4.78, 5) is 19.2. The van der Waals surface area contributed by atoms with Crippen molar-refractivity contribution in [3.05, 3.63) is 59.9 Å². The Bertz CT molecular complexity index is 1190. The minimum absolute atomic E-state index is 0. The van der Waals surface area contributed by atoms with Crippen molar-refractivity contribution in [3.8, 4) is 5.69 Å². The molecule has 1 amide bonds. The lowest BCUT2D eigenvalue weighted by molar-refractivity contribution is -0.162. The molecule has 1 N–H and O–H groups in total. The van der Waals surface area contributed by atoms with Gasteiger partial charge in [-0.2, -0.15) is 18.2 Å². The minimum atomic E-state index is -4.57. The summed E-state index contributed by atoms with van der Waals surface area (Å²) in [7, 11) is 0. The number of hydrogen-bond donors (Lipinski definition) is 1. The van der Waals surface area contributed by atoms with Crippen LogP contribution in [0.15, 0.2) is 42.7 Å². The second-order valence-corrected chi connectivity index (χ2v) is 7.97. The van der Waals surface area contributed by atoms with E-state index in [1.807, 2.05) is 30.0 Å². The molecule has 0 saturated carbocycles. The van der Waals surface area contributed by atoms with Gasteiger partial charge in [0.25, 0.3) is 0 Å². The van der Waals surface area contributed by atoms with E-state index in [1.165, 1.54) is 15.9 Å². The van der Waals surface area contributed by atoms with Crippen LogP contribution in [0.4, 0.5) is 44.1 Å². The predicted molar refractivity (Wildman–Crippen MR) is 119 cm³/mol. The van der Waals surface area contributed by atoms with E-state index >= 15 is 0 Å². The van der Waals surface area contributed by atoms with Crippen molar-refractivity contribution >= 4 is 23.4 Å². The van der Waals surface area contributed by atoms with Crippen molar-refractivity contribution in [3.63, 3.8) is 0 Å². The standard InChI is InChI=1S/C22H21F5N6O2.H2/c1-14-6-17(29-20-28-13-33(30-20)19-9-15(23)8-16(24)10-19)11-18(7-14)31-2-4-32(5-3-31)21(34)35-12-22(25,26)27;/h6-11,13H,2-5,12H2,1H3,(H,29,30);1H. The maximum atomic E-state index is 13.5. The van der Waals surface area contributed by atoms with Crippen molar-refractivity contribution in [2.45, 2.75) is 13.1 Å². The molecule has 188 valence electrons. The fourth-order valence-corrected chi connectivity index (χ4v) is 3.65. The van der Waals surface area contributed by atoms with Gasteiger partial charge in [-0.25, -0.2) is 18.3 Å². The molecule has 1 aliphatic heterocycles. The van der Waals surface area contributed by atoms with Crippen molar-refractivity contribution < 1.29 is 32.9 Å². The van der Waals surface area contributed by atoms with Gasteiger partial charge >= 0.3 is 12.3 Å². The largest absolute Gasteiger partial charge is 0.440 e. The van der Waals surface area contributed by atoms with E-state index in [0.29, 0.717) is 18.8 Å². The number of benzene rings is 2. The van der Waals surface area contributed by atoms with E-state index in [1.54, 1.807) is 0 Å². The molecule has 3 aromatic rings. The average molecular weight is 498 g/mol. The van der Waals surface area contributed by atoms with Crippen LogP contribution in [-0.4, -0.2) is 64.7 Å². The highest BCUT2D eigenvalue weighted by atomic mass is 19.4. The Hall–Kier alpha value is -3.90. The van der Waals surface area contributed by atoms with Gasteiger partial charge in [-0.1, -0.05) is 0 Å². The number of carbonyl (C=O) groups is 1. The number of ether oxygens (including phenoxy) is 1. The number of carbonyl (C=O) groups excluding carboxylic acids is 1. The normalized spacial score (nSPS) is 14.2. The third-order valence-corrected chi connectivity index (χ3v) is 5.18. The van der Waals surface area contributed by atoms with Crippen LogP contribution in [0.5, 0.6) is 0 Å². The zero-order chi connectivity index (χ0) is 25.2. The molecular formula is C22H23F5N6O2. The maximum Gasteiger partial charge on any atom is 0.422 e. The highest BCUT2D eigenvalue weighted by Crippen LogP contribution is 2.26. The Morgan fingerprint density at radius 3 is 2.37 bits per heavy atom. The molecule has 0 bridgehead atoms. The van der Waals surface area contributed by atoms with Crippen LogP contribution < -0.4 is 10.2 Å². The average Bonchev–Trinajstić information content (AvgIpc) is 3.24. The maximum absolute atomic E-state index is 13.5. The number of piperazine rings is 1. The number of halogens is 5. The zero-order valence-electron chi connectivity index (χ0n) is 18.5. The van der Waals surface area contributed by atoms with E-state index < -0.39 is 30.5 Å². The van der Waals surface area contributed by atoms with Gasteiger partial charge in [-0.3, -0.25) is 0 Å². The first-order valence-corrected chi connectivity index (χ1v) is 10.6. The van der Waals surface area contributed by atoms with E-state index in [2.05, 4.69) is 20.1 Å². The Morgan fingerprint density at radius 1 is 1.03 bits per heavy atom. The first kappa shape index (κ1) is 24.2. The number of hydrogen-bond acceptors (Lipinski definition) is 6. The van der Waals surface area contributed by atoms with Crippen LogP contribution in [-0.2, 0) is 4.74 Å². The molecule has 0 aliphatic carbocycles. The second-order valence-electron chi connectivity index (χ2n) is 7.97. The molecule has 0 radical (unpaired) electrons. The van der Waals surface area contributed by atoms with Crippen LogP contribution in [0, 0.1) is 18.6 Å². The van der Waals surface area contributed by atoms with Crippen LogP contribution in [0.3, 0.4) is 0 Å². The summed E-state index contributed by atoms with van der Waals surface area (Å²) in [6.45, 7) is 1.51. The topological polar surface area (TPSA) is 75.5 Å². The molecule has 13 heteroatoms. The fraction of sp³-hybridized carbons (Fsp3) is 0.318. The fourth-order valence-electron chi connectivity index (χ4n) is 3.65. The molecule has 2 heterocycles. The highest BCUT2D eigenvalue weighted by molar-refractivity contribution is 5.69. The lowest BCUT2D eigenvalue weighted by Crippen LogP contribution is -2.49. The first-order chi connectivity index (χ1) is 16.6. The molecule has 1 saturated heterocycles. The Labute approximate surface area is 198 Å². The zero-order valence-corrected chi connectivity index (χ0v) is 18.5. The Balaban J connectivity index is 0.00000361. The van der Waals surface area contributed by atoms with Crippen molar-refractivity contribution in [2.75, 3.05) is 43.0 Å². The van der Waals surface area contributed by atoms with E-state index in [4.69, 9.17) is 0 Å². The molecule has 2 aromatic carbocycles. The van der Waals surface area contributed by atoms with Gasteiger partial charge in [0.1, 0.15) is 18.0 Å². The van der Waals surface area contributed by atoms with E-state index in [9.17, 15) is 26.7 Å². The summed E-state index contributed by atoms with van der Waals surface area (Å²) in [5.41, 5.74) is 2.60. The summed E-state index contributed by atoms with van der Waals surface area (Å²) >= 11 is 0. The number of nitrogens with zero attached hydrogens (tertiary/aromatic N) is 5. The molecule has 35 heavy (non-hydrogen) atoms. The number of amides is 1. The van der Waals surface area contributed by atoms with E-state index in [-0.39, 0.29) is 26.2 Å². The van der Waals surface area contributed by atoms with E-state index in [0.717, 1.165) is 29.4 Å². The van der Waals surface area contributed by atoms with Gasteiger partial charge in [-0.15, -0.1) is 5.10 Å². The molecule has 8 nitrogen and oxygen atoms in total. The molecule has 0 unspecified atom stereocenters. The molecule has 4 rings (SSSR count). The van der Waals surface area contributed by atoms with Gasteiger partial charge in [0.15, 0.2) is 6.61 Å². The lowest BCUT2D eigenvalue weighted by Gasteiger charge is -2.35. The summed E-state index contributed by atoms with van der Waals surface area (Å²) < 4.78 is 69.3. The third-order valence-electron chi connectivity index (χ3n) is 5.18. The van der Waals surface area contributed by atoms with Crippen LogP contribution in [0.1, 0.15) is 6.99 Å². The number of aromatic nitrogens is 3. The molecule has 1 aliphatic rings. The van der Waals surface area contributed by atoms with Crippen LogP contribution in [0.2, 0.25) is 0 Å². The Kier molecular flexibility index (Phi) is 6.76. The minimum Gasteiger partial charge on any atom is -0.440 e. The third kappa shape index (κ3) is 6.37. The van der Waals surface area contributed by atoms with Crippen molar-refractivity contribution in [1.29, 1.82) is 0 Å². The van der Waals surface area contributed by atoms with Crippen molar-refractivity contribution in [1.82, 2.24) is 19.7 Å². The highest BCUT2D eigenvalue weighted by Gasteiger charge is 2.31. The van der Waals surface area contributed by atoms with Gasteiger partial charge in [0, 0.05) is 45.0 Å². The number of alkyl halides is 3. The van der Waals surface area contributed by atoms with Crippen LogP contribution in [0.25, 0.3) is 5.69 Å². The summed E-state index contributed by atoms with van der Waals surface area (Å²) in [5.74, 6) is -1.26. The van der Waals surface area contributed by atoms with Crippen LogP contribution >= 0.6 is 0 Å². The summed E-state index contributed by atoms with van der Waals surface area (Å²) in [5, 5.41) is 7.26. The van der Waals surface area contributed by atoms with Gasteiger partial charge < -0.3 is 19.9 Å². The van der Waals surface area contributed by atoms with Gasteiger partial charge in [-0.05, 0) is 42.8 Å². The van der Waals surface area contributed by atoms with Crippen molar-refractivity contribution in [2.24, 2.45) is 0 Å². The molecule has 0 spiro atoms. The first-order valence-electron chi connectivity index (χ1n) is 10.6. The molecule has 1 fully saturated rings. The number of rotatable bonds is 5. The predicted octanol–water partition coefficient (Wildman–Crippen LogP) is 4.66. The number of anilines is 3. The lowest BCUT2D eigenvalue weighted by atomic mass is 10.1. The monoisotopic (exact) mass is 498 g/mol. The van der Waals surface area contributed by atoms with Gasteiger partial charge in [0.05, 0.1) is 5.69 Å². The molecular weight excluding hydrogens is 475 g/mol. The SMILES string of the molecule is Cc1cc(Nc2ncn(-c3cc(F)cc(F)c3)n2)cc(N2CCN(C(=O)OCC(F)(F)F)CC2)c1.[HH]. The smallest absolute Gasteiger partial charge is 0.422 e. The molecule has 0 atom stereocenters. The Morgan fingerprint density at radius 2 is 1.71 bits per heavy atom. The quantitative estimate of drug-likeness (QED) is 0.516. The van der Waals surface area contributed by atoms with Gasteiger partial charge in [0.2, 0.25) is 5.95 Å². The number of nitrogens with one attached hydrogen (secondary N) is 1. The number of aryl methyl sites for hydroxylation is 1. The molecule has 1 aromatic heterocycles. The summed E-state index contributed by atoms with van der Waals surface area (Å²) in [6, 6.07) is 8.66.